The highest BCUT2D eigenvalue weighted by Crippen LogP contribution is 2.19. The average Bonchev–Trinajstić information content (AvgIpc) is 2.39. The lowest BCUT2D eigenvalue weighted by molar-refractivity contribution is 0.174. The lowest BCUT2D eigenvalue weighted by Crippen LogP contribution is -2.43. The van der Waals surface area contributed by atoms with E-state index >= 15 is 0 Å². The molecule has 1 atom stereocenters. The second-order valence-corrected chi connectivity index (χ2v) is 3.90. The predicted octanol–water partition coefficient (Wildman–Crippen LogP) is 1.08. The normalized spacial score (nSPS) is 23.2. The molecule has 2 amide bonds. The van der Waals surface area contributed by atoms with Crippen LogP contribution in [0.1, 0.15) is 38.5 Å². The largest absolute Gasteiger partial charge is 0.396 e. The van der Waals surface area contributed by atoms with Crippen molar-refractivity contribution in [3.63, 3.8) is 0 Å². The molecule has 0 radical (unpaired) electrons. The van der Waals surface area contributed by atoms with E-state index in [0.717, 1.165) is 32.2 Å². The molecule has 0 aromatic heterocycles. The smallest absolute Gasteiger partial charge is 0.315 e. The number of nitrogens with two attached hydrogens (primary N) is 1. The van der Waals surface area contributed by atoms with Crippen molar-refractivity contribution in [2.24, 2.45) is 5.73 Å². The first-order valence-corrected chi connectivity index (χ1v) is 5.42. The summed E-state index contributed by atoms with van der Waals surface area (Å²) < 4.78 is 0. The van der Waals surface area contributed by atoms with E-state index in [-0.39, 0.29) is 18.7 Å². The molecule has 0 bridgehead atoms. The van der Waals surface area contributed by atoms with Gasteiger partial charge in [0.15, 0.2) is 0 Å². The number of likely N-dealkylation sites (tertiary alicyclic amines) is 1. The number of hydrogen-bond donors (Lipinski definition) is 2. The van der Waals surface area contributed by atoms with Gasteiger partial charge in [-0.1, -0.05) is 12.8 Å². The van der Waals surface area contributed by atoms with Crippen molar-refractivity contribution in [1.82, 2.24) is 4.90 Å². The summed E-state index contributed by atoms with van der Waals surface area (Å²) in [7, 11) is 0. The maximum absolute atomic E-state index is 11.2. The molecule has 0 spiro atoms. The van der Waals surface area contributed by atoms with Crippen molar-refractivity contribution < 1.29 is 9.90 Å². The van der Waals surface area contributed by atoms with E-state index < -0.39 is 0 Å². The van der Waals surface area contributed by atoms with Crippen LogP contribution < -0.4 is 5.73 Å². The lowest BCUT2D eigenvalue weighted by Gasteiger charge is -2.28. The van der Waals surface area contributed by atoms with E-state index in [0.29, 0.717) is 0 Å². The van der Waals surface area contributed by atoms with E-state index in [1.54, 1.807) is 4.90 Å². The third-order valence-corrected chi connectivity index (χ3v) is 2.86. The molecule has 1 saturated heterocycles. The van der Waals surface area contributed by atoms with Gasteiger partial charge in [-0.15, -0.1) is 0 Å². The molecule has 4 nitrogen and oxygen atoms in total. The quantitative estimate of drug-likeness (QED) is 0.716. The average molecular weight is 200 g/mol. The summed E-state index contributed by atoms with van der Waals surface area (Å²) in [5.74, 6) is 0. The molecule has 82 valence electrons. The fourth-order valence-electron chi connectivity index (χ4n) is 2.09. The van der Waals surface area contributed by atoms with E-state index in [1.165, 1.54) is 12.8 Å². The molecule has 0 aromatic rings. The van der Waals surface area contributed by atoms with Crippen LogP contribution in [-0.4, -0.2) is 35.2 Å². The SMILES string of the molecule is NC(=O)N1CCCCCC1CCCO. The highest BCUT2D eigenvalue weighted by molar-refractivity contribution is 5.72. The van der Waals surface area contributed by atoms with Gasteiger partial charge in [0.1, 0.15) is 0 Å². The maximum atomic E-state index is 11.2. The molecule has 1 aliphatic rings. The summed E-state index contributed by atoms with van der Waals surface area (Å²) >= 11 is 0. The minimum atomic E-state index is -0.310. The number of urea groups is 1. The van der Waals surface area contributed by atoms with Crippen molar-refractivity contribution in [2.75, 3.05) is 13.2 Å². The molecule has 1 rings (SSSR count). The van der Waals surface area contributed by atoms with Gasteiger partial charge in [0.25, 0.3) is 0 Å². The zero-order chi connectivity index (χ0) is 10.4. The van der Waals surface area contributed by atoms with Gasteiger partial charge in [0, 0.05) is 19.2 Å². The summed E-state index contributed by atoms with van der Waals surface area (Å²) in [5.41, 5.74) is 5.32. The Bertz CT molecular complexity index is 185. The van der Waals surface area contributed by atoms with Gasteiger partial charge >= 0.3 is 6.03 Å². The zero-order valence-electron chi connectivity index (χ0n) is 8.61. The number of carbonyl (C=O) groups is 1. The third-order valence-electron chi connectivity index (χ3n) is 2.86. The first-order valence-electron chi connectivity index (χ1n) is 5.42. The van der Waals surface area contributed by atoms with Crippen molar-refractivity contribution in [1.29, 1.82) is 0 Å². The van der Waals surface area contributed by atoms with Crippen LogP contribution in [0.5, 0.6) is 0 Å². The Kier molecular flexibility index (Phi) is 4.73. The molecule has 1 unspecified atom stereocenters. The van der Waals surface area contributed by atoms with E-state index in [4.69, 9.17) is 10.8 Å². The van der Waals surface area contributed by atoms with Crippen LogP contribution in [0.4, 0.5) is 4.79 Å². The molecule has 3 N–H and O–H groups in total. The molecule has 0 aromatic carbocycles. The van der Waals surface area contributed by atoms with Crippen molar-refractivity contribution in [3.05, 3.63) is 0 Å². The van der Waals surface area contributed by atoms with E-state index in [2.05, 4.69) is 0 Å². The second-order valence-electron chi connectivity index (χ2n) is 3.90. The van der Waals surface area contributed by atoms with Crippen molar-refractivity contribution >= 4 is 6.03 Å². The molecule has 0 saturated carbocycles. The summed E-state index contributed by atoms with van der Waals surface area (Å²) in [5, 5.41) is 8.76. The number of hydrogen-bond acceptors (Lipinski definition) is 2. The van der Waals surface area contributed by atoms with Crippen LogP contribution in [0.2, 0.25) is 0 Å². The Morgan fingerprint density at radius 2 is 2.21 bits per heavy atom. The highest BCUT2D eigenvalue weighted by Gasteiger charge is 2.22. The van der Waals surface area contributed by atoms with Gasteiger partial charge in [0.2, 0.25) is 0 Å². The summed E-state index contributed by atoms with van der Waals surface area (Å²) in [6.45, 7) is 0.981. The number of aliphatic hydroxyl groups is 1. The monoisotopic (exact) mass is 200 g/mol. The Morgan fingerprint density at radius 3 is 2.86 bits per heavy atom. The predicted molar refractivity (Wildman–Crippen MR) is 54.9 cm³/mol. The molecule has 1 heterocycles. The highest BCUT2D eigenvalue weighted by atomic mass is 16.3. The fraction of sp³-hybridized carbons (Fsp3) is 0.900. The van der Waals surface area contributed by atoms with Gasteiger partial charge in [-0.3, -0.25) is 0 Å². The summed E-state index contributed by atoms with van der Waals surface area (Å²) in [6.07, 6.45) is 6.06. The van der Waals surface area contributed by atoms with Crippen LogP contribution in [-0.2, 0) is 0 Å². The van der Waals surface area contributed by atoms with Crippen LogP contribution in [0.25, 0.3) is 0 Å². The maximum Gasteiger partial charge on any atom is 0.315 e. The van der Waals surface area contributed by atoms with Gasteiger partial charge in [-0.05, 0) is 25.7 Å². The number of rotatable bonds is 3. The second kappa shape index (κ2) is 5.86. The number of nitrogens with zero attached hydrogens (tertiary/aromatic N) is 1. The Hall–Kier alpha value is -0.770. The molecule has 1 fully saturated rings. The topological polar surface area (TPSA) is 66.6 Å². The third kappa shape index (κ3) is 3.18. The Morgan fingerprint density at radius 1 is 1.43 bits per heavy atom. The van der Waals surface area contributed by atoms with Crippen LogP contribution in [0, 0.1) is 0 Å². The first kappa shape index (κ1) is 11.3. The Balaban J connectivity index is 2.50. The van der Waals surface area contributed by atoms with Crippen molar-refractivity contribution in [3.8, 4) is 0 Å². The van der Waals surface area contributed by atoms with Gasteiger partial charge in [-0.25, -0.2) is 4.79 Å². The fourth-order valence-corrected chi connectivity index (χ4v) is 2.09. The summed E-state index contributed by atoms with van der Waals surface area (Å²) in [4.78, 5) is 12.9. The first-order chi connectivity index (χ1) is 6.75. The molecule has 0 aliphatic carbocycles. The van der Waals surface area contributed by atoms with Crippen molar-refractivity contribution in [2.45, 2.75) is 44.6 Å². The Labute approximate surface area is 85.1 Å². The van der Waals surface area contributed by atoms with E-state index in [9.17, 15) is 4.79 Å². The number of primary amides is 1. The van der Waals surface area contributed by atoms with Crippen LogP contribution in [0.15, 0.2) is 0 Å². The van der Waals surface area contributed by atoms with Crippen LogP contribution >= 0.6 is 0 Å². The van der Waals surface area contributed by atoms with Gasteiger partial charge in [0.05, 0.1) is 0 Å². The molecular weight excluding hydrogens is 180 g/mol. The van der Waals surface area contributed by atoms with Crippen LogP contribution in [0.3, 0.4) is 0 Å². The lowest BCUT2D eigenvalue weighted by atomic mass is 10.1. The molecule has 4 heteroatoms. The standard InChI is InChI=1S/C10H20N2O2/c11-10(14)12-7-3-1-2-5-9(12)6-4-8-13/h9,13H,1-8H2,(H2,11,14). The van der Waals surface area contributed by atoms with E-state index in [1.807, 2.05) is 0 Å². The van der Waals surface area contributed by atoms with Gasteiger partial charge < -0.3 is 15.7 Å². The summed E-state index contributed by atoms with van der Waals surface area (Å²) in [6, 6.07) is -0.0583. The number of carbonyl (C=O) groups excluding carboxylic acids is 1. The molecule has 14 heavy (non-hydrogen) atoms. The minimum Gasteiger partial charge on any atom is -0.396 e. The number of aliphatic hydroxyl groups excluding tert-OH is 1. The molecular formula is C10H20N2O2. The number of amides is 2. The molecule has 1 aliphatic heterocycles. The minimum absolute atomic E-state index is 0.198. The zero-order valence-corrected chi connectivity index (χ0v) is 8.61. The van der Waals surface area contributed by atoms with Gasteiger partial charge in [-0.2, -0.15) is 0 Å².